The zero-order valence-electron chi connectivity index (χ0n) is 11.6. The lowest BCUT2D eigenvalue weighted by Gasteiger charge is -2.08. The maximum absolute atomic E-state index is 14.1. The molecule has 0 aliphatic carbocycles. The molecule has 0 atom stereocenters. The summed E-state index contributed by atoms with van der Waals surface area (Å²) in [6.07, 6.45) is 2.12. The standard InChI is InChI=1S/C18H18F2/c1-3-4-14-5-7-15(8-6-14)17-10-9-16(11-18(17)20)13(2)12-19/h5-11H,2-4,12H2,1H3. The normalized spacial score (nSPS) is 10.6. The minimum atomic E-state index is -0.662. The first kappa shape index (κ1) is 14.4. The molecule has 0 N–H and O–H groups in total. The van der Waals surface area contributed by atoms with Crippen LogP contribution in [0.25, 0.3) is 16.7 Å². The fourth-order valence-corrected chi connectivity index (χ4v) is 2.19. The molecule has 2 rings (SSSR count). The van der Waals surface area contributed by atoms with Crippen molar-refractivity contribution in [2.45, 2.75) is 19.8 Å². The van der Waals surface area contributed by atoms with Gasteiger partial charge >= 0.3 is 0 Å². The summed E-state index contributed by atoms with van der Waals surface area (Å²) < 4.78 is 26.6. The maximum Gasteiger partial charge on any atom is 0.131 e. The van der Waals surface area contributed by atoms with Gasteiger partial charge in [0.1, 0.15) is 12.5 Å². The molecule has 0 saturated carbocycles. The van der Waals surface area contributed by atoms with E-state index in [1.807, 2.05) is 24.3 Å². The van der Waals surface area contributed by atoms with Crippen molar-refractivity contribution in [3.63, 3.8) is 0 Å². The number of hydrogen-bond acceptors (Lipinski definition) is 0. The molecule has 2 aromatic carbocycles. The van der Waals surface area contributed by atoms with Crippen molar-refractivity contribution in [3.8, 4) is 11.1 Å². The average molecular weight is 272 g/mol. The Kier molecular flexibility index (Phi) is 4.67. The fraction of sp³-hybridized carbons (Fsp3) is 0.222. The minimum absolute atomic E-state index is 0.300. The Morgan fingerprint density at radius 1 is 1.10 bits per heavy atom. The van der Waals surface area contributed by atoms with Gasteiger partial charge in [0.05, 0.1) is 0 Å². The number of hydrogen-bond donors (Lipinski definition) is 0. The molecule has 0 saturated heterocycles. The first-order valence-corrected chi connectivity index (χ1v) is 6.78. The summed E-state index contributed by atoms with van der Waals surface area (Å²) in [5, 5.41) is 0. The second-order valence-corrected chi connectivity index (χ2v) is 4.88. The number of rotatable bonds is 5. The highest BCUT2D eigenvalue weighted by Crippen LogP contribution is 2.26. The van der Waals surface area contributed by atoms with E-state index < -0.39 is 6.67 Å². The fourth-order valence-electron chi connectivity index (χ4n) is 2.19. The lowest BCUT2D eigenvalue weighted by atomic mass is 9.99. The number of alkyl halides is 1. The van der Waals surface area contributed by atoms with Crippen LogP contribution in [0.1, 0.15) is 24.5 Å². The molecule has 0 unspecified atom stereocenters. The van der Waals surface area contributed by atoms with Crippen molar-refractivity contribution in [2.24, 2.45) is 0 Å². The van der Waals surface area contributed by atoms with E-state index in [4.69, 9.17) is 0 Å². The highest BCUT2D eigenvalue weighted by molar-refractivity contribution is 5.70. The number of halogens is 2. The van der Waals surface area contributed by atoms with Crippen molar-refractivity contribution in [2.75, 3.05) is 6.67 Å². The van der Waals surface area contributed by atoms with Crippen LogP contribution >= 0.6 is 0 Å². The molecule has 20 heavy (non-hydrogen) atoms. The van der Waals surface area contributed by atoms with E-state index in [0.29, 0.717) is 16.7 Å². The van der Waals surface area contributed by atoms with Crippen LogP contribution in [0.2, 0.25) is 0 Å². The predicted octanol–water partition coefficient (Wildman–Crippen LogP) is 5.43. The largest absolute Gasteiger partial charge is 0.246 e. The summed E-state index contributed by atoms with van der Waals surface area (Å²) in [7, 11) is 0. The van der Waals surface area contributed by atoms with E-state index in [9.17, 15) is 8.78 Å². The molecule has 0 heterocycles. The molecular weight excluding hydrogens is 254 g/mol. The summed E-state index contributed by atoms with van der Waals surface area (Å²) in [5.41, 5.74) is 3.42. The van der Waals surface area contributed by atoms with Crippen LogP contribution in [-0.2, 0) is 6.42 Å². The van der Waals surface area contributed by atoms with Crippen LogP contribution in [0.3, 0.4) is 0 Å². The van der Waals surface area contributed by atoms with E-state index in [0.717, 1.165) is 18.4 Å². The molecular formula is C18H18F2. The molecule has 0 spiro atoms. The Bertz CT molecular complexity index is 597. The van der Waals surface area contributed by atoms with E-state index in [1.165, 1.54) is 11.6 Å². The number of aryl methyl sites for hydroxylation is 1. The summed E-state index contributed by atoms with van der Waals surface area (Å²) in [5.74, 6) is -0.347. The molecule has 2 heteroatoms. The highest BCUT2D eigenvalue weighted by atomic mass is 19.1. The molecule has 0 aromatic heterocycles. The van der Waals surface area contributed by atoms with Gasteiger partial charge < -0.3 is 0 Å². The van der Waals surface area contributed by atoms with Gasteiger partial charge in [-0.15, -0.1) is 0 Å². The third-order valence-corrected chi connectivity index (χ3v) is 3.34. The maximum atomic E-state index is 14.1. The van der Waals surface area contributed by atoms with Crippen LogP contribution in [0.15, 0.2) is 49.0 Å². The molecule has 104 valence electrons. The average Bonchev–Trinajstić information content (AvgIpc) is 2.47. The lowest BCUT2D eigenvalue weighted by Crippen LogP contribution is -1.90. The Morgan fingerprint density at radius 2 is 1.80 bits per heavy atom. The van der Waals surface area contributed by atoms with Gasteiger partial charge in [-0.25, -0.2) is 8.78 Å². The quantitative estimate of drug-likeness (QED) is 0.681. The van der Waals surface area contributed by atoms with Gasteiger partial charge in [0.25, 0.3) is 0 Å². The smallest absolute Gasteiger partial charge is 0.131 e. The molecule has 0 nitrogen and oxygen atoms in total. The summed E-state index contributed by atoms with van der Waals surface area (Å²) in [6.45, 7) is 5.04. The van der Waals surface area contributed by atoms with Gasteiger partial charge in [-0.05, 0) is 34.8 Å². The van der Waals surface area contributed by atoms with Crippen LogP contribution in [-0.4, -0.2) is 6.67 Å². The number of benzene rings is 2. The van der Waals surface area contributed by atoms with Crippen molar-refractivity contribution in [1.82, 2.24) is 0 Å². The second-order valence-electron chi connectivity index (χ2n) is 4.88. The topological polar surface area (TPSA) is 0 Å². The summed E-state index contributed by atoms with van der Waals surface area (Å²) in [6, 6.07) is 12.6. The first-order chi connectivity index (χ1) is 9.65. The van der Waals surface area contributed by atoms with Crippen LogP contribution in [0, 0.1) is 5.82 Å². The Balaban J connectivity index is 2.30. The third-order valence-electron chi connectivity index (χ3n) is 3.34. The molecule has 0 aliphatic heterocycles. The van der Waals surface area contributed by atoms with Crippen molar-refractivity contribution >= 4 is 5.57 Å². The van der Waals surface area contributed by atoms with Gasteiger partial charge in [-0.1, -0.05) is 56.3 Å². The third kappa shape index (κ3) is 3.13. The van der Waals surface area contributed by atoms with E-state index in [-0.39, 0.29) is 5.82 Å². The molecule has 0 aliphatic rings. The van der Waals surface area contributed by atoms with E-state index >= 15 is 0 Å². The molecule has 2 aromatic rings. The van der Waals surface area contributed by atoms with Gasteiger partial charge in [-0.3, -0.25) is 0 Å². The van der Waals surface area contributed by atoms with Gasteiger partial charge in [0, 0.05) is 5.56 Å². The van der Waals surface area contributed by atoms with Crippen molar-refractivity contribution < 1.29 is 8.78 Å². The van der Waals surface area contributed by atoms with E-state index in [2.05, 4.69) is 13.5 Å². The highest BCUT2D eigenvalue weighted by Gasteiger charge is 2.08. The monoisotopic (exact) mass is 272 g/mol. The van der Waals surface area contributed by atoms with Gasteiger partial charge in [0.2, 0.25) is 0 Å². The summed E-state index contributed by atoms with van der Waals surface area (Å²) in [4.78, 5) is 0. The lowest BCUT2D eigenvalue weighted by molar-refractivity contribution is 0.571. The van der Waals surface area contributed by atoms with Crippen LogP contribution < -0.4 is 0 Å². The minimum Gasteiger partial charge on any atom is -0.246 e. The zero-order chi connectivity index (χ0) is 14.5. The Hall–Kier alpha value is -1.96. The molecule has 0 fully saturated rings. The summed E-state index contributed by atoms with van der Waals surface area (Å²) >= 11 is 0. The van der Waals surface area contributed by atoms with Gasteiger partial charge in [-0.2, -0.15) is 0 Å². The van der Waals surface area contributed by atoms with Crippen molar-refractivity contribution in [1.29, 1.82) is 0 Å². The zero-order valence-corrected chi connectivity index (χ0v) is 11.6. The Morgan fingerprint density at radius 3 is 2.35 bits per heavy atom. The molecule has 0 bridgehead atoms. The number of allylic oxidation sites excluding steroid dienone is 1. The van der Waals surface area contributed by atoms with Crippen LogP contribution in [0.4, 0.5) is 8.78 Å². The SMILES string of the molecule is C=C(CF)c1ccc(-c2ccc(CCC)cc2)c(F)c1. The first-order valence-electron chi connectivity index (χ1n) is 6.78. The van der Waals surface area contributed by atoms with Crippen LogP contribution in [0.5, 0.6) is 0 Å². The molecule has 0 radical (unpaired) electrons. The Labute approximate surface area is 118 Å². The molecule has 0 amide bonds. The predicted molar refractivity (Wildman–Crippen MR) is 80.8 cm³/mol. The van der Waals surface area contributed by atoms with Crippen molar-refractivity contribution in [3.05, 3.63) is 66.0 Å². The second kappa shape index (κ2) is 6.47. The van der Waals surface area contributed by atoms with Gasteiger partial charge in [0.15, 0.2) is 0 Å². The van der Waals surface area contributed by atoms with E-state index in [1.54, 1.807) is 12.1 Å².